The SMILES string of the molecule is C=C(CC)NC1(C)CC(Nc2ncc3c(C4=CC(=C)N(/N=C\C)C=C4)c[nH]c3n2)C1. The number of H-pyrrole nitrogens is 1. The highest BCUT2D eigenvalue weighted by Gasteiger charge is 2.40. The number of allylic oxidation sites excluding steroid dienone is 4. The fourth-order valence-corrected chi connectivity index (χ4v) is 4.09. The molecule has 1 saturated carbocycles. The van der Waals surface area contributed by atoms with Gasteiger partial charge in [0.05, 0.1) is 5.70 Å². The van der Waals surface area contributed by atoms with Crippen LogP contribution in [0.2, 0.25) is 0 Å². The van der Waals surface area contributed by atoms with Crippen LogP contribution in [0.25, 0.3) is 16.6 Å². The second kappa shape index (κ2) is 7.82. The molecule has 2 aromatic rings. The van der Waals surface area contributed by atoms with Gasteiger partial charge in [0.25, 0.3) is 0 Å². The van der Waals surface area contributed by atoms with Crippen molar-refractivity contribution in [3.8, 4) is 0 Å². The zero-order chi connectivity index (χ0) is 21.3. The standard InChI is InChI=1S/C23H29N7/c1-6-15(3)29-23(5)11-18(12-23)27-22-25-14-20-19(13-24-21(20)28-22)17-8-9-30(26-7-2)16(4)10-17/h7-10,13-14,18,29H,3-4,6,11-12H2,1-2,5H3,(H2,24,25,27,28)/b26-7-. The van der Waals surface area contributed by atoms with Crippen molar-refractivity contribution in [3.63, 3.8) is 0 Å². The first-order valence-corrected chi connectivity index (χ1v) is 10.3. The number of hydrogen-bond acceptors (Lipinski definition) is 6. The second-order valence-corrected chi connectivity index (χ2v) is 8.18. The van der Waals surface area contributed by atoms with E-state index in [0.717, 1.165) is 52.8 Å². The second-order valence-electron chi connectivity index (χ2n) is 8.18. The van der Waals surface area contributed by atoms with Crippen LogP contribution in [0.3, 0.4) is 0 Å². The number of anilines is 1. The fourth-order valence-electron chi connectivity index (χ4n) is 4.09. The third-order valence-electron chi connectivity index (χ3n) is 5.63. The van der Waals surface area contributed by atoms with E-state index in [1.165, 1.54) is 0 Å². The van der Waals surface area contributed by atoms with Gasteiger partial charge in [0.15, 0.2) is 0 Å². The van der Waals surface area contributed by atoms with Crippen LogP contribution in [-0.4, -0.2) is 37.8 Å². The Morgan fingerprint density at radius 3 is 2.97 bits per heavy atom. The number of nitrogens with zero attached hydrogens (tertiary/aromatic N) is 4. The summed E-state index contributed by atoms with van der Waals surface area (Å²) in [5.74, 6) is 0.651. The van der Waals surface area contributed by atoms with E-state index < -0.39 is 0 Å². The number of aromatic nitrogens is 3. The van der Waals surface area contributed by atoms with Crippen molar-refractivity contribution in [2.24, 2.45) is 5.10 Å². The van der Waals surface area contributed by atoms with E-state index in [9.17, 15) is 0 Å². The smallest absolute Gasteiger partial charge is 0.224 e. The van der Waals surface area contributed by atoms with Crippen molar-refractivity contribution in [1.82, 2.24) is 25.3 Å². The van der Waals surface area contributed by atoms with Crippen LogP contribution in [0.5, 0.6) is 0 Å². The lowest BCUT2D eigenvalue weighted by Crippen LogP contribution is -2.57. The maximum absolute atomic E-state index is 4.68. The largest absolute Gasteiger partial charge is 0.384 e. The normalized spacial score (nSPS) is 23.6. The monoisotopic (exact) mass is 403 g/mol. The van der Waals surface area contributed by atoms with Crippen molar-refractivity contribution >= 4 is 28.8 Å². The van der Waals surface area contributed by atoms with Gasteiger partial charge in [-0.2, -0.15) is 10.1 Å². The number of hydrogen-bond donors (Lipinski definition) is 3. The Kier molecular flexibility index (Phi) is 5.20. The molecule has 3 N–H and O–H groups in total. The van der Waals surface area contributed by atoms with Crippen LogP contribution in [0.15, 0.2) is 60.4 Å². The Balaban J connectivity index is 1.45. The minimum atomic E-state index is 0.104. The van der Waals surface area contributed by atoms with Crippen molar-refractivity contribution in [3.05, 3.63) is 60.9 Å². The molecule has 0 saturated heterocycles. The molecule has 0 radical (unpaired) electrons. The average Bonchev–Trinajstić information content (AvgIpc) is 3.11. The Bertz CT molecular complexity index is 1070. The first kappa shape index (κ1) is 19.9. The third kappa shape index (κ3) is 3.87. The van der Waals surface area contributed by atoms with E-state index >= 15 is 0 Å². The Hall–Kier alpha value is -3.35. The molecule has 0 amide bonds. The number of hydrazone groups is 1. The highest BCUT2D eigenvalue weighted by Crippen LogP contribution is 2.35. The van der Waals surface area contributed by atoms with Gasteiger partial charge >= 0.3 is 0 Å². The predicted octanol–water partition coefficient (Wildman–Crippen LogP) is 4.54. The summed E-state index contributed by atoms with van der Waals surface area (Å²) in [5, 5.41) is 14.0. The summed E-state index contributed by atoms with van der Waals surface area (Å²) in [6.07, 6.45) is 14.5. The molecule has 7 nitrogen and oxygen atoms in total. The van der Waals surface area contributed by atoms with Crippen LogP contribution >= 0.6 is 0 Å². The first-order chi connectivity index (χ1) is 14.4. The summed E-state index contributed by atoms with van der Waals surface area (Å²) in [4.78, 5) is 12.5. The van der Waals surface area contributed by atoms with E-state index in [4.69, 9.17) is 0 Å². The molecule has 0 spiro atoms. The van der Waals surface area contributed by atoms with E-state index in [0.29, 0.717) is 12.0 Å². The molecule has 3 heterocycles. The lowest BCUT2D eigenvalue weighted by molar-refractivity contribution is 0.202. The van der Waals surface area contributed by atoms with Crippen molar-refractivity contribution in [1.29, 1.82) is 0 Å². The van der Waals surface area contributed by atoms with Crippen LogP contribution in [-0.2, 0) is 0 Å². The molecule has 0 unspecified atom stereocenters. The highest BCUT2D eigenvalue weighted by atomic mass is 15.4. The van der Waals surface area contributed by atoms with Gasteiger partial charge in [-0.05, 0) is 50.8 Å². The molecule has 0 bridgehead atoms. The van der Waals surface area contributed by atoms with Crippen LogP contribution in [0, 0.1) is 0 Å². The van der Waals surface area contributed by atoms with Gasteiger partial charge in [0, 0.05) is 53.0 Å². The maximum atomic E-state index is 4.68. The van der Waals surface area contributed by atoms with E-state index in [-0.39, 0.29) is 5.54 Å². The molecule has 1 aliphatic heterocycles. The molecular weight excluding hydrogens is 374 g/mol. The summed E-state index contributed by atoms with van der Waals surface area (Å²) in [6.45, 7) is 14.4. The predicted molar refractivity (Wildman–Crippen MR) is 124 cm³/mol. The summed E-state index contributed by atoms with van der Waals surface area (Å²) >= 11 is 0. The highest BCUT2D eigenvalue weighted by molar-refractivity contribution is 5.94. The number of fused-ring (bicyclic) bond motifs is 1. The summed E-state index contributed by atoms with van der Waals surface area (Å²) in [7, 11) is 0. The average molecular weight is 404 g/mol. The lowest BCUT2D eigenvalue weighted by Gasteiger charge is -2.47. The quantitative estimate of drug-likeness (QED) is 0.592. The van der Waals surface area contributed by atoms with Gasteiger partial charge in [0.2, 0.25) is 5.95 Å². The van der Waals surface area contributed by atoms with Gasteiger partial charge in [-0.25, -0.2) is 9.99 Å². The molecule has 2 aromatic heterocycles. The lowest BCUT2D eigenvalue weighted by atomic mass is 9.74. The van der Waals surface area contributed by atoms with Gasteiger partial charge < -0.3 is 15.6 Å². The molecule has 1 aliphatic carbocycles. The number of aromatic amines is 1. The van der Waals surface area contributed by atoms with Gasteiger partial charge in [-0.3, -0.25) is 0 Å². The van der Waals surface area contributed by atoms with Gasteiger partial charge in [-0.1, -0.05) is 20.1 Å². The molecule has 4 rings (SSSR count). The van der Waals surface area contributed by atoms with Crippen LogP contribution < -0.4 is 10.6 Å². The minimum Gasteiger partial charge on any atom is -0.384 e. The maximum Gasteiger partial charge on any atom is 0.224 e. The zero-order valence-corrected chi connectivity index (χ0v) is 17.9. The fraction of sp³-hybridized carbons (Fsp3) is 0.348. The molecule has 0 atom stereocenters. The Morgan fingerprint density at radius 1 is 1.47 bits per heavy atom. The summed E-state index contributed by atoms with van der Waals surface area (Å²) in [5.41, 5.74) is 4.92. The van der Waals surface area contributed by atoms with E-state index in [1.807, 2.05) is 37.7 Å². The molecule has 30 heavy (non-hydrogen) atoms. The Labute approximate surface area is 177 Å². The number of nitrogens with one attached hydrogen (secondary N) is 3. The topological polar surface area (TPSA) is 81.2 Å². The Morgan fingerprint density at radius 2 is 2.27 bits per heavy atom. The van der Waals surface area contributed by atoms with Crippen molar-refractivity contribution in [2.75, 3.05) is 5.32 Å². The van der Waals surface area contributed by atoms with Crippen molar-refractivity contribution in [2.45, 2.75) is 51.6 Å². The van der Waals surface area contributed by atoms with Crippen LogP contribution in [0.1, 0.15) is 45.6 Å². The molecule has 7 heteroatoms. The van der Waals surface area contributed by atoms with E-state index in [1.54, 1.807) is 11.2 Å². The summed E-state index contributed by atoms with van der Waals surface area (Å²) in [6, 6.07) is 0.358. The zero-order valence-electron chi connectivity index (χ0n) is 17.9. The van der Waals surface area contributed by atoms with Gasteiger partial charge in [-0.15, -0.1) is 0 Å². The first-order valence-electron chi connectivity index (χ1n) is 10.3. The molecular formula is C23H29N7. The van der Waals surface area contributed by atoms with Crippen molar-refractivity contribution < 1.29 is 0 Å². The molecule has 156 valence electrons. The molecule has 1 fully saturated rings. The van der Waals surface area contributed by atoms with E-state index in [2.05, 4.69) is 57.7 Å². The van der Waals surface area contributed by atoms with Crippen LogP contribution in [0.4, 0.5) is 5.95 Å². The van der Waals surface area contributed by atoms with Gasteiger partial charge in [0.1, 0.15) is 5.65 Å². The molecule has 0 aromatic carbocycles. The number of rotatable bonds is 7. The summed E-state index contributed by atoms with van der Waals surface area (Å²) < 4.78 is 0. The third-order valence-corrected chi connectivity index (χ3v) is 5.63. The minimum absolute atomic E-state index is 0.104. The molecule has 2 aliphatic rings.